The fourth-order valence-electron chi connectivity index (χ4n) is 1.41. The Morgan fingerprint density at radius 3 is 2.69 bits per heavy atom. The molecule has 0 fully saturated rings. The summed E-state index contributed by atoms with van der Waals surface area (Å²) in [4.78, 5) is 3.98. The summed E-state index contributed by atoms with van der Waals surface area (Å²) in [7, 11) is 0. The van der Waals surface area contributed by atoms with Crippen LogP contribution in [0.3, 0.4) is 0 Å². The highest BCUT2D eigenvalue weighted by atomic mass is 16.5. The Labute approximate surface area is 98.2 Å². The van der Waals surface area contributed by atoms with Crippen LogP contribution in [-0.4, -0.2) is 30.8 Å². The minimum Gasteiger partial charge on any atom is -0.381 e. The summed E-state index contributed by atoms with van der Waals surface area (Å²) in [6, 6.07) is 4.63. The van der Waals surface area contributed by atoms with Crippen LogP contribution in [0.25, 0.3) is 0 Å². The molecule has 0 aromatic carbocycles. The highest BCUT2D eigenvalue weighted by molar-refractivity contribution is 5.09. The molecule has 0 radical (unpaired) electrons. The van der Waals surface area contributed by atoms with Gasteiger partial charge in [0.2, 0.25) is 0 Å². The molecule has 16 heavy (non-hydrogen) atoms. The number of hydrogen-bond donors (Lipinski definition) is 1. The average molecular weight is 222 g/mol. The maximum absolute atomic E-state index is 5.56. The molecule has 1 rings (SSSR count). The van der Waals surface area contributed by atoms with Crippen molar-refractivity contribution < 1.29 is 4.74 Å². The van der Waals surface area contributed by atoms with Crippen molar-refractivity contribution in [3.63, 3.8) is 0 Å². The van der Waals surface area contributed by atoms with E-state index in [4.69, 9.17) is 4.74 Å². The number of nitrogens with one attached hydrogen (secondary N) is 1. The third kappa shape index (κ3) is 6.53. The van der Waals surface area contributed by atoms with Crippen LogP contribution in [0, 0.1) is 0 Å². The van der Waals surface area contributed by atoms with Gasteiger partial charge in [0, 0.05) is 25.0 Å². The van der Waals surface area contributed by atoms with Crippen LogP contribution in [0.4, 0.5) is 0 Å². The molecule has 0 amide bonds. The first-order valence-corrected chi connectivity index (χ1v) is 5.99. The first-order chi connectivity index (χ1) is 7.79. The van der Waals surface area contributed by atoms with Gasteiger partial charge in [-0.15, -0.1) is 0 Å². The summed E-state index contributed by atoms with van der Waals surface area (Å²) < 4.78 is 5.56. The lowest BCUT2D eigenvalue weighted by Crippen LogP contribution is -2.24. The molecule has 0 bridgehead atoms. The van der Waals surface area contributed by atoms with E-state index in [0.717, 1.165) is 32.6 Å². The topological polar surface area (TPSA) is 34.1 Å². The highest BCUT2D eigenvalue weighted by Crippen LogP contribution is 1.97. The van der Waals surface area contributed by atoms with Crippen molar-refractivity contribution >= 4 is 0 Å². The fraction of sp³-hybridized carbons (Fsp3) is 0.615. The monoisotopic (exact) mass is 222 g/mol. The molecule has 0 aliphatic rings. The molecule has 3 nitrogen and oxygen atoms in total. The molecule has 1 heterocycles. The van der Waals surface area contributed by atoms with Gasteiger partial charge in [0.25, 0.3) is 0 Å². The van der Waals surface area contributed by atoms with Crippen LogP contribution in [0.1, 0.15) is 25.8 Å². The van der Waals surface area contributed by atoms with Gasteiger partial charge >= 0.3 is 0 Å². The molecule has 0 saturated heterocycles. The molecule has 1 aromatic rings. The first-order valence-electron chi connectivity index (χ1n) is 5.99. The molecule has 1 aromatic heterocycles. The predicted molar refractivity (Wildman–Crippen MR) is 66.5 cm³/mol. The molecular weight excluding hydrogens is 200 g/mol. The van der Waals surface area contributed by atoms with E-state index in [9.17, 15) is 0 Å². The second-order valence-corrected chi connectivity index (χ2v) is 4.18. The van der Waals surface area contributed by atoms with Gasteiger partial charge in [-0.05, 0) is 37.1 Å². The third-order valence-electron chi connectivity index (χ3n) is 2.30. The zero-order valence-corrected chi connectivity index (χ0v) is 10.3. The minimum atomic E-state index is 0.566. The number of hydrogen-bond acceptors (Lipinski definition) is 3. The normalized spacial score (nSPS) is 10.9. The third-order valence-corrected chi connectivity index (χ3v) is 2.30. The molecule has 0 atom stereocenters. The Bertz CT molecular complexity index is 262. The lowest BCUT2D eigenvalue weighted by atomic mass is 10.2. The quantitative estimate of drug-likeness (QED) is 0.683. The van der Waals surface area contributed by atoms with Crippen LogP contribution in [0.15, 0.2) is 24.5 Å². The van der Waals surface area contributed by atoms with Gasteiger partial charge in [-0.1, -0.05) is 13.8 Å². The fourth-order valence-corrected chi connectivity index (χ4v) is 1.41. The van der Waals surface area contributed by atoms with Crippen molar-refractivity contribution in [3.8, 4) is 0 Å². The van der Waals surface area contributed by atoms with E-state index in [2.05, 4.69) is 24.1 Å². The SMILES string of the molecule is CC(C)NCCCOCCc1ccncc1. The summed E-state index contributed by atoms with van der Waals surface area (Å²) in [6.07, 6.45) is 5.69. The second kappa shape index (κ2) is 8.25. The molecule has 0 spiro atoms. The second-order valence-electron chi connectivity index (χ2n) is 4.18. The van der Waals surface area contributed by atoms with Gasteiger partial charge < -0.3 is 10.1 Å². The minimum absolute atomic E-state index is 0.566. The van der Waals surface area contributed by atoms with E-state index in [1.165, 1.54) is 5.56 Å². The van der Waals surface area contributed by atoms with Crippen LogP contribution >= 0.6 is 0 Å². The zero-order valence-electron chi connectivity index (χ0n) is 10.3. The van der Waals surface area contributed by atoms with Crippen molar-refractivity contribution in [2.75, 3.05) is 19.8 Å². The largest absolute Gasteiger partial charge is 0.381 e. The van der Waals surface area contributed by atoms with Crippen molar-refractivity contribution in [2.45, 2.75) is 32.7 Å². The lowest BCUT2D eigenvalue weighted by Gasteiger charge is -2.08. The molecular formula is C13H22N2O. The molecule has 0 unspecified atom stereocenters. The van der Waals surface area contributed by atoms with E-state index in [1.54, 1.807) is 0 Å². The average Bonchev–Trinajstić information content (AvgIpc) is 2.29. The van der Waals surface area contributed by atoms with Crippen LogP contribution in [0.2, 0.25) is 0 Å². The number of nitrogens with zero attached hydrogens (tertiary/aromatic N) is 1. The zero-order chi connectivity index (χ0) is 11.6. The van der Waals surface area contributed by atoms with Gasteiger partial charge in [-0.3, -0.25) is 4.98 Å². The summed E-state index contributed by atoms with van der Waals surface area (Å²) in [5.74, 6) is 0. The smallest absolute Gasteiger partial charge is 0.0506 e. The Kier molecular flexibility index (Phi) is 6.77. The molecule has 90 valence electrons. The van der Waals surface area contributed by atoms with E-state index in [1.807, 2.05) is 24.5 Å². The Morgan fingerprint density at radius 2 is 2.00 bits per heavy atom. The maximum atomic E-state index is 5.56. The number of rotatable bonds is 8. The highest BCUT2D eigenvalue weighted by Gasteiger charge is 1.94. The predicted octanol–water partition coefficient (Wildman–Crippen LogP) is 2.03. The van der Waals surface area contributed by atoms with Crippen LogP contribution in [0.5, 0.6) is 0 Å². The van der Waals surface area contributed by atoms with Gasteiger partial charge in [0.05, 0.1) is 6.61 Å². The maximum Gasteiger partial charge on any atom is 0.0506 e. The van der Waals surface area contributed by atoms with E-state index in [-0.39, 0.29) is 0 Å². The molecule has 0 aliphatic heterocycles. The lowest BCUT2D eigenvalue weighted by molar-refractivity contribution is 0.134. The number of ether oxygens (including phenoxy) is 1. The van der Waals surface area contributed by atoms with Gasteiger partial charge in [-0.25, -0.2) is 0 Å². The Balaban J connectivity index is 1.93. The Morgan fingerprint density at radius 1 is 1.25 bits per heavy atom. The summed E-state index contributed by atoms with van der Waals surface area (Å²) in [6.45, 7) is 6.98. The summed E-state index contributed by atoms with van der Waals surface area (Å²) >= 11 is 0. The molecule has 0 saturated carbocycles. The van der Waals surface area contributed by atoms with E-state index < -0.39 is 0 Å². The summed E-state index contributed by atoms with van der Waals surface area (Å²) in [5, 5.41) is 3.37. The van der Waals surface area contributed by atoms with Gasteiger partial charge in [0.15, 0.2) is 0 Å². The standard InChI is InChI=1S/C13H22N2O/c1-12(2)15-7-3-10-16-11-6-13-4-8-14-9-5-13/h4-5,8-9,12,15H,3,6-7,10-11H2,1-2H3. The van der Waals surface area contributed by atoms with Crippen molar-refractivity contribution in [1.82, 2.24) is 10.3 Å². The van der Waals surface area contributed by atoms with E-state index >= 15 is 0 Å². The van der Waals surface area contributed by atoms with E-state index in [0.29, 0.717) is 6.04 Å². The summed E-state index contributed by atoms with van der Waals surface area (Å²) in [5.41, 5.74) is 1.29. The molecule has 0 aliphatic carbocycles. The van der Waals surface area contributed by atoms with Crippen LogP contribution in [-0.2, 0) is 11.2 Å². The van der Waals surface area contributed by atoms with Crippen molar-refractivity contribution in [3.05, 3.63) is 30.1 Å². The van der Waals surface area contributed by atoms with Crippen molar-refractivity contribution in [1.29, 1.82) is 0 Å². The van der Waals surface area contributed by atoms with Crippen molar-refractivity contribution in [2.24, 2.45) is 0 Å². The number of pyridine rings is 1. The van der Waals surface area contributed by atoms with Gasteiger partial charge in [-0.2, -0.15) is 0 Å². The van der Waals surface area contributed by atoms with Crippen LogP contribution < -0.4 is 5.32 Å². The Hall–Kier alpha value is -0.930. The molecule has 1 N–H and O–H groups in total. The number of aromatic nitrogens is 1. The first kappa shape index (κ1) is 13.1. The molecule has 3 heteroatoms. The van der Waals surface area contributed by atoms with Gasteiger partial charge in [0.1, 0.15) is 0 Å².